The van der Waals surface area contributed by atoms with Crippen LogP contribution in [0.1, 0.15) is 43.2 Å². The molecule has 17 heavy (non-hydrogen) atoms. The van der Waals surface area contributed by atoms with Crippen LogP contribution >= 0.6 is 0 Å². The van der Waals surface area contributed by atoms with Crippen molar-refractivity contribution in [3.8, 4) is 0 Å². The molecule has 0 bridgehead atoms. The first-order chi connectivity index (χ1) is 7.31. The quantitative estimate of drug-likeness (QED) is 0.611. The van der Waals surface area contributed by atoms with E-state index in [1.54, 1.807) is 24.7 Å². The molecule has 0 radical (unpaired) electrons. The van der Waals surface area contributed by atoms with Crippen molar-refractivity contribution in [1.82, 2.24) is 0 Å². The molecule has 1 aliphatic carbocycles. The molecule has 2 atom stereocenters. The molecule has 1 aliphatic rings. The maximum atomic E-state index is 2.38. The zero-order valence-corrected chi connectivity index (χ0v) is 14.0. The van der Waals surface area contributed by atoms with Crippen molar-refractivity contribution in [1.29, 1.82) is 0 Å². The van der Waals surface area contributed by atoms with Gasteiger partial charge in [-0.15, -0.1) is 0 Å². The largest absolute Gasteiger partial charge is 1.00 e. The molecule has 0 heterocycles. The molecule has 1 aromatic rings. The van der Waals surface area contributed by atoms with E-state index < -0.39 is 0 Å². The van der Waals surface area contributed by atoms with E-state index in [0.717, 1.165) is 3.63 Å². The van der Waals surface area contributed by atoms with Gasteiger partial charge in [-0.3, -0.25) is 0 Å². The van der Waals surface area contributed by atoms with Gasteiger partial charge in [-0.05, 0) is 0 Å². The number of benzene rings is 1. The molecule has 0 spiro atoms. The summed E-state index contributed by atoms with van der Waals surface area (Å²) >= 11 is 1.70. The van der Waals surface area contributed by atoms with Gasteiger partial charge in [-0.2, -0.15) is 0 Å². The Morgan fingerprint density at radius 2 is 1.94 bits per heavy atom. The molecule has 0 aromatic heterocycles. The maximum absolute atomic E-state index is 2.38. The summed E-state index contributed by atoms with van der Waals surface area (Å²) in [6.45, 7) is 2.30. The summed E-state index contributed by atoms with van der Waals surface area (Å²) in [5, 5.41) is 0. The summed E-state index contributed by atoms with van der Waals surface area (Å²) in [6.07, 6.45) is 8.72. The summed E-state index contributed by atoms with van der Waals surface area (Å²) in [7, 11) is 0. The van der Waals surface area contributed by atoms with Crippen LogP contribution in [0.5, 0.6) is 0 Å². The van der Waals surface area contributed by atoms with Gasteiger partial charge in [0.1, 0.15) is 0 Å². The van der Waals surface area contributed by atoms with Crippen LogP contribution in [-0.4, -0.2) is 0 Å². The third kappa shape index (κ3) is 4.54. The van der Waals surface area contributed by atoms with Crippen molar-refractivity contribution in [3.63, 3.8) is 0 Å². The van der Waals surface area contributed by atoms with Crippen LogP contribution in [0.4, 0.5) is 0 Å². The van der Waals surface area contributed by atoms with Crippen molar-refractivity contribution in [2.75, 3.05) is 0 Å². The number of fused-ring (bicyclic) bond motifs is 1. The van der Waals surface area contributed by atoms with E-state index in [1.807, 2.05) is 0 Å². The van der Waals surface area contributed by atoms with Crippen molar-refractivity contribution < 1.29 is 49.5 Å². The second-order valence-electron chi connectivity index (χ2n) is 4.28. The molecular weight excluding hydrogens is 330 g/mol. The molecular formula is C14H17Cl2Zr. The average molecular weight is 347 g/mol. The van der Waals surface area contributed by atoms with Gasteiger partial charge in [0.2, 0.25) is 0 Å². The second kappa shape index (κ2) is 8.51. The van der Waals surface area contributed by atoms with Crippen LogP contribution in [0.2, 0.25) is 3.63 Å². The zero-order valence-electron chi connectivity index (χ0n) is 10.00. The minimum absolute atomic E-state index is 0. The first-order valence-electron chi connectivity index (χ1n) is 5.79. The van der Waals surface area contributed by atoms with Gasteiger partial charge in [0.05, 0.1) is 0 Å². The van der Waals surface area contributed by atoms with Gasteiger partial charge >= 0.3 is 108 Å². The average Bonchev–Trinajstić information content (AvgIpc) is 2.69. The first kappa shape index (κ1) is 17.4. The van der Waals surface area contributed by atoms with Crippen LogP contribution in [-0.2, 0) is 24.7 Å². The molecule has 0 N–H and O–H groups in total. The predicted octanol–water partition coefficient (Wildman–Crippen LogP) is -1.67. The molecule has 3 heteroatoms. The molecule has 0 nitrogen and oxygen atoms in total. The Morgan fingerprint density at radius 3 is 2.65 bits per heavy atom. The fourth-order valence-corrected chi connectivity index (χ4v) is 2.57. The SMILES string of the molecule is CC[CH]([Zr+2])CCC1C=Cc2ccccc21.[Cl-].[Cl-]. The van der Waals surface area contributed by atoms with E-state index in [1.165, 1.54) is 30.4 Å². The number of hydrogen-bond donors (Lipinski definition) is 0. The van der Waals surface area contributed by atoms with E-state index in [2.05, 4.69) is 43.3 Å². The van der Waals surface area contributed by atoms with Crippen LogP contribution < -0.4 is 24.8 Å². The number of halogens is 2. The molecule has 2 unspecified atom stereocenters. The van der Waals surface area contributed by atoms with E-state index >= 15 is 0 Å². The normalized spacial score (nSPS) is 17.9. The van der Waals surface area contributed by atoms with E-state index in [-0.39, 0.29) is 24.8 Å². The van der Waals surface area contributed by atoms with Crippen molar-refractivity contribution in [3.05, 3.63) is 41.5 Å². The van der Waals surface area contributed by atoms with Crippen molar-refractivity contribution in [2.24, 2.45) is 0 Å². The Kier molecular flexibility index (Phi) is 8.72. The summed E-state index contributed by atoms with van der Waals surface area (Å²) in [6, 6.07) is 8.79. The number of allylic oxidation sites excluding steroid dienone is 1. The van der Waals surface area contributed by atoms with Gasteiger partial charge in [-0.1, -0.05) is 0 Å². The van der Waals surface area contributed by atoms with Gasteiger partial charge < -0.3 is 24.8 Å². The van der Waals surface area contributed by atoms with Crippen LogP contribution in [0.3, 0.4) is 0 Å². The fraction of sp³-hybridized carbons (Fsp3) is 0.429. The standard InChI is InChI=1S/C14H17.2ClH.Zr/c1-2-3-4-7-12-10-11-13-8-5-6-9-14(12)13;;;/h3,5-6,8-12H,2,4,7H2,1H3;2*1H;/q;;;+2/p-2. The third-order valence-electron chi connectivity index (χ3n) is 3.22. The van der Waals surface area contributed by atoms with E-state index in [9.17, 15) is 0 Å². The number of rotatable bonds is 4. The Hall–Kier alpha value is 0.423. The Labute approximate surface area is 132 Å². The fourth-order valence-electron chi connectivity index (χ4n) is 2.16. The molecule has 0 aliphatic heterocycles. The Balaban J connectivity index is 0.00000128. The zero-order chi connectivity index (χ0) is 10.7. The molecule has 0 saturated heterocycles. The van der Waals surface area contributed by atoms with Crippen LogP contribution in [0.15, 0.2) is 30.3 Å². The monoisotopic (exact) mass is 345 g/mol. The summed E-state index contributed by atoms with van der Waals surface area (Å²) in [5.41, 5.74) is 2.97. The topological polar surface area (TPSA) is 0 Å². The van der Waals surface area contributed by atoms with Crippen molar-refractivity contribution in [2.45, 2.75) is 35.7 Å². The third-order valence-corrected chi connectivity index (χ3v) is 4.94. The van der Waals surface area contributed by atoms with Gasteiger partial charge in [0.15, 0.2) is 0 Å². The smallest absolute Gasteiger partial charge is 1.00 e. The van der Waals surface area contributed by atoms with Gasteiger partial charge in [0, 0.05) is 0 Å². The second-order valence-corrected chi connectivity index (χ2v) is 6.28. The Bertz CT molecular complexity index is 363. The summed E-state index contributed by atoms with van der Waals surface area (Å²) in [5.74, 6) is 0.691. The minimum atomic E-state index is 0. The van der Waals surface area contributed by atoms with Crippen molar-refractivity contribution >= 4 is 6.08 Å². The van der Waals surface area contributed by atoms with E-state index in [0.29, 0.717) is 5.92 Å². The van der Waals surface area contributed by atoms with Crippen LogP contribution in [0.25, 0.3) is 6.08 Å². The molecule has 91 valence electrons. The minimum Gasteiger partial charge on any atom is -1.00 e. The predicted molar refractivity (Wildman–Crippen MR) is 61.5 cm³/mol. The van der Waals surface area contributed by atoms with Gasteiger partial charge in [-0.25, -0.2) is 0 Å². The molecule has 2 rings (SSSR count). The first-order valence-corrected chi connectivity index (χ1v) is 7.21. The number of hydrogen-bond acceptors (Lipinski definition) is 0. The molecule has 0 fully saturated rings. The van der Waals surface area contributed by atoms with Crippen LogP contribution in [0, 0.1) is 0 Å². The molecule has 1 aromatic carbocycles. The molecule has 0 amide bonds. The maximum Gasteiger partial charge on any atom is -1.00 e. The van der Waals surface area contributed by atoms with E-state index in [4.69, 9.17) is 0 Å². The Morgan fingerprint density at radius 1 is 1.24 bits per heavy atom. The summed E-state index contributed by atoms with van der Waals surface area (Å²) < 4.78 is 0.957. The molecule has 0 saturated carbocycles. The van der Waals surface area contributed by atoms with Gasteiger partial charge in [0.25, 0.3) is 0 Å². The summed E-state index contributed by atoms with van der Waals surface area (Å²) in [4.78, 5) is 0.